The topological polar surface area (TPSA) is 90.4 Å². The van der Waals surface area contributed by atoms with Gasteiger partial charge in [0.05, 0.1) is 12.1 Å². The highest BCUT2D eigenvalue weighted by molar-refractivity contribution is 5.96. The average Bonchev–Trinajstić information content (AvgIpc) is 2.63. The number of nitrogens with one attached hydrogen (secondary N) is 1. The third-order valence-corrected chi connectivity index (χ3v) is 2.87. The van der Waals surface area contributed by atoms with Crippen LogP contribution in [0.25, 0.3) is 0 Å². The summed E-state index contributed by atoms with van der Waals surface area (Å²) in [6.07, 6.45) is 0.816. The molecule has 5 nitrogen and oxygen atoms in total. The molecule has 1 aromatic rings. The van der Waals surface area contributed by atoms with E-state index in [0.29, 0.717) is 30.2 Å². The van der Waals surface area contributed by atoms with Crippen LogP contribution in [0.5, 0.6) is 0 Å². The minimum Gasteiger partial charge on any atom is -0.399 e. The van der Waals surface area contributed by atoms with Crippen molar-refractivity contribution in [2.45, 2.75) is 18.9 Å². The monoisotopic (exact) mass is 235 g/mol. The fourth-order valence-corrected chi connectivity index (χ4v) is 1.92. The minimum atomic E-state index is -0.295. The Morgan fingerprint density at radius 2 is 2.00 bits per heavy atom. The van der Waals surface area contributed by atoms with Gasteiger partial charge in [-0.05, 0) is 31.5 Å². The summed E-state index contributed by atoms with van der Waals surface area (Å²) >= 11 is 0. The quantitative estimate of drug-likeness (QED) is 0.660. The molecule has 5 heteroatoms. The summed E-state index contributed by atoms with van der Waals surface area (Å²) in [5.41, 5.74) is 12.5. The third-order valence-electron chi connectivity index (χ3n) is 2.87. The van der Waals surface area contributed by atoms with Gasteiger partial charge in [0.15, 0.2) is 0 Å². The summed E-state index contributed by atoms with van der Waals surface area (Å²) in [7, 11) is 0. The molecule has 1 amide bonds. The predicted molar refractivity (Wildman–Crippen MR) is 66.6 cm³/mol. The summed E-state index contributed by atoms with van der Waals surface area (Å²) in [6.45, 7) is 3.18. The van der Waals surface area contributed by atoms with Crippen molar-refractivity contribution >= 4 is 17.3 Å². The van der Waals surface area contributed by atoms with Crippen molar-refractivity contribution in [1.29, 1.82) is 0 Å². The molecule has 1 saturated heterocycles. The van der Waals surface area contributed by atoms with Crippen LogP contribution in [-0.4, -0.2) is 24.7 Å². The van der Waals surface area contributed by atoms with Gasteiger partial charge in [-0.3, -0.25) is 4.79 Å². The summed E-state index contributed by atoms with van der Waals surface area (Å²) < 4.78 is 5.28. The molecule has 2 rings (SSSR count). The molecule has 0 aliphatic carbocycles. The molecular weight excluding hydrogens is 218 g/mol. The van der Waals surface area contributed by atoms with E-state index >= 15 is 0 Å². The Kier molecular flexibility index (Phi) is 2.93. The second kappa shape index (κ2) is 4.25. The molecule has 0 radical (unpaired) electrons. The largest absolute Gasteiger partial charge is 0.399 e. The standard InChI is InChI=1S/C12H17N3O2/c1-12(2-3-17-7-12)15-11(16)8-4-9(13)6-10(14)5-8/h4-6H,2-3,7,13-14H2,1H3,(H,15,16). The first-order chi connectivity index (χ1) is 7.98. The smallest absolute Gasteiger partial charge is 0.251 e. The average molecular weight is 235 g/mol. The molecular formula is C12H17N3O2. The molecule has 1 aromatic carbocycles. The van der Waals surface area contributed by atoms with Crippen LogP contribution in [0.3, 0.4) is 0 Å². The van der Waals surface area contributed by atoms with Gasteiger partial charge in [-0.2, -0.15) is 0 Å². The van der Waals surface area contributed by atoms with E-state index in [4.69, 9.17) is 16.2 Å². The molecule has 0 aromatic heterocycles. The molecule has 5 N–H and O–H groups in total. The number of rotatable bonds is 2. The molecule has 1 aliphatic heterocycles. The SMILES string of the molecule is CC1(NC(=O)c2cc(N)cc(N)c2)CCOC1. The van der Waals surface area contributed by atoms with Gasteiger partial charge in [0.2, 0.25) is 0 Å². The second-order valence-corrected chi connectivity index (χ2v) is 4.71. The number of nitrogens with two attached hydrogens (primary N) is 2. The number of amides is 1. The minimum absolute atomic E-state index is 0.169. The number of hydrogen-bond donors (Lipinski definition) is 3. The molecule has 1 fully saturated rings. The van der Waals surface area contributed by atoms with Crippen LogP contribution in [0.1, 0.15) is 23.7 Å². The Balaban J connectivity index is 2.14. The Morgan fingerprint density at radius 1 is 1.35 bits per heavy atom. The number of carbonyl (C=O) groups is 1. The molecule has 1 heterocycles. The highest BCUT2D eigenvalue weighted by Crippen LogP contribution is 2.19. The van der Waals surface area contributed by atoms with Gasteiger partial charge >= 0.3 is 0 Å². The second-order valence-electron chi connectivity index (χ2n) is 4.71. The lowest BCUT2D eigenvalue weighted by Crippen LogP contribution is -2.46. The first-order valence-corrected chi connectivity index (χ1v) is 5.55. The third kappa shape index (κ3) is 2.68. The van der Waals surface area contributed by atoms with Crippen molar-refractivity contribution in [2.75, 3.05) is 24.7 Å². The van der Waals surface area contributed by atoms with Crippen LogP contribution in [-0.2, 0) is 4.74 Å². The molecule has 17 heavy (non-hydrogen) atoms. The Bertz CT molecular complexity index is 419. The lowest BCUT2D eigenvalue weighted by molar-refractivity contribution is 0.0890. The number of hydrogen-bond acceptors (Lipinski definition) is 4. The summed E-state index contributed by atoms with van der Waals surface area (Å²) in [5, 5.41) is 2.95. The Labute approximate surface area is 100 Å². The zero-order valence-corrected chi connectivity index (χ0v) is 9.82. The van der Waals surface area contributed by atoms with E-state index < -0.39 is 0 Å². The predicted octanol–water partition coefficient (Wildman–Crippen LogP) is 0.760. The zero-order valence-electron chi connectivity index (χ0n) is 9.82. The molecule has 92 valence electrons. The number of ether oxygens (including phenoxy) is 1. The van der Waals surface area contributed by atoms with Crippen LogP contribution in [0.4, 0.5) is 11.4 Å². The molecule has 0 saturated carbocycles. The van der Waals surface area contributed by atoms with Crippen molar-refractivity contribution in [3.05, 3.63) is 23.8 Å². The Morgan fingerprint density at radius 3 is 2.53 bits per heavy atom. The highest BCUT2D eigenvalue weighted by Gasteiger charge is 2.31. The molecule has 1 atom stereocenters. The van der Waals surface area contributed by atoms with Gasteiger partial charge in [0.1, 0.15) is 0 Å². The zero-order chi connectivity index (χ0) is 12.5. The fourth-order valence-electron chi connectivity index (χ4n) is 1.92. The van der Waals surface area contributed by atoms with Gasteiger partial charge in [-0.15, -0.1) is 0 Å². The van der Waals surface area contributed by atoms with Crippen LogP contribution in [0.2, 0.25) is 0 Å². The van der Waals surface area contributed by atoms with E-state index in [-0.39, 0.29) is 11.4 Å². The highest BCUT2D eigenvalue weighted by atomic mass is 16.5. The first-order valence-electron chi connectivity index (χ1n) is 5.55. The summed E-state index contributed by atoms with van der Waals surface area (Å²) in [6, 6.07) is 4.85. The van der Waals surface area contributed by atoms with Gasteiger partial charge in [-0.1, -0.05) is 0 Å². The maximum absolute atomic E-state index is 12.0. The van der Waals surface area contributed by atoms with Crippen LogP contribution < -0.4 is 16.8 Å². The van der Waals surface area contributed by atoms with Crippen LogP contribution >= 0.6 is 0 Å². The lowest BCUT2D eigenvalue weighted by Gasteiger charge is -2.23. The van der Waals surface area contributed by atoms with Crippen molar-refractivity contribution in [1.82, 2.24) is 5.32 Å². The van der Waals surface area contributed by atoms with Gasteiger partial charge in [0, 0.05) is 23.5 Å². The summed E-state index contributed by atoms with van der Waals surface area (Å²) in [4.78, 5) is 12.0. The maximum atomic E-state index is 12.0. The fraction of sp³-hybridized carbons (Fsp3) is 0.417. The molecule has 0 spiro atoms. The Hall–Kier alpha value is -1.75. The maximum Gasteiger partial charge on any atom is 0.251 e. The number of nitrogen functional groups attached to an aromatic ring is 2. The normalized spacial score (nSPS) is 23.6. The van der Waals surface area contributed by atoms with E-state index in [1.165, 1.54) is 0 Å². The lowest BCUT2D eigenvalue weighted by atomic mass is 10.0. The van der Waals surface area contributed by atoms with Gasteiger partial charge in [-0.25, -0.2) is 0 Å². The number of benzene rings is 1. The van der Waals surface area contributed by atoms with E-state index in [9.17, 15) is 4.79 Å². The molecule has 1 unspecified atom stereocenters. The first kappa shape index (κ1) is 11.7. The number of anilines is 2. The molecule has 0 bridgehead atoms. The van der Waals surface area contributed by atoms with Crippen LogP contribution in [0.15, 0.2) is 18.2 Å². The van der Waals surface area contributed by atoms with Gasteiger partial charge < -0.3 is 21.5 Å². The van der Waals surface area contributed by atoms with Gasteiger partial charge in [0.25, 0.3) is 5.91 Å². The van der Waals surface area contributed by atoms with Crippen molar-refractivity contribution in [3.63, 3.8) is 0 Å². The van der Waals surface area contributed by atoms with E-state index in [2.05, 4.69) is 5.32 Å². The van der Waals surface area contributed by atoms with Crippen molar-refractivity contribution in [3.8, 4) is 0 Å². The van der Waals surface area contributed by atoms with Crippen molar-refractivity contribution < 1.29 is 9.53 Å². The summed E-state index contributed by atoms with van der Waals surface area (Å²) in [5.74, 6) is -0.169. The van der Waals surface area contributed by atoms with Crippen molar-refractivity contribution in [2.24, 2.45) is 0 Å². The van der Waals surface area contributed by atoms with E-state index in [0.717, 1.165) is 6.42 Å². The van der Waals surface area contributed by atoms with Crippen LogP contribution in [0, 0.1) is 0 Å². The number of carbonyl (C=O) groups excluding carboxylic acids is 1. The van der Waals surface area contributed by atoms with E-state index in [1.807, 2.05) is 6.92 Å². The van der Waals surface area contributed by atoms with E-state index in [1.54, 1.807) is 18.2 Å². The molecule has 1 aliphatic rings.